The highest BCUT2D eigenvalue weighted by molar-refractivity contribution is 5.95. The SMILES string of the molecule is CCn1ncc2c(-c3cncc(C)c3)c(CCC(=O)O)c(C(C)C)nc21. The number of hydrogen-bond acceptors (Lipinski definition) is 4. The molecule has 3 heterocycles. The van der Waals surface area contributed by atoms with Crippen LogP contribution in [0, 0.1) is 6.92 Å². The van der Waals surface area contributed by atoms with E-state index < -0.39 is 5.97 Å². The fourth-order valence-electron chi connectivity index (χ4n) is 3.36. The number of aliphatic carboxylic acids is 1. The number of carboxylic acids is 1. The summed E-state index contributed by atoms with van der Waals surface area (Å²) >= 11 is 0. The Morgan fingerprint density at radius 2 is 2.04 bits per heavy atom. The molecule has 0 radical (unpaired) electrons. The second-order valence-electron chi connectivity index (χ2n) is 6.85. The van der Waals surface area contributed by atoms with Gasteiger partial charge in [-0.15, -0.1) is 0 Å². The summed E-state index contributed by atoms with van der Waals surface area (Å²) in [7, 11) is 0. The Labute approximate surface area is 152 Å². The summed E-state index contributed by atoms with van der Waals surface area (Å²) in [6.45, 7) is 8.95. The zero-order valence-electron chi connectivity index (χ0n) is 15.7. The van der Waals surface area contributed by atoms with Gasteiger partial charge in [-0.25, -0.2) is 9.67 Å². The lowest BCUT2D eigenvalue weighted by molar-refractivity contribution is -0.136. The Morgan fingerprint density at radius 1 is 1.27 bits per heavy atom. The molecule has 0 atom stereocenters. The molecule has 0 saturated heterocycles. The zero-order chi connectivity index (χ0) is 18.8. The second kappa shape index (κ2) is 7.23. The molecule has 3 aromatic heterocycles. The Bertz CT molecular complexity index is 960. The van der Waals surface area contributed by atoms with Crippen LogP contribution in [0.4, 0.5) is 0 Å². The van der Waals surface area contributed by atoms with Gasteiger partial charge in [0.05, 0.1) is 6.20 Å². The topological polar surface area (TPSA) is 80.9 Å². The molecule has 1 N–H and O–H groups in total. The van der Waals surface area contributed by atoms with E-state index in [1.807, 2.05) is 37.1 Å². The second-order valence-corrected chi connectivity index (χ2v) is 6.85. The van der Waals surface area contributed by atoms with E-state index in [0.29, 0.717) is 6.42 Å². The van der Waals surface area contributed by atoms with E-state index in [1.165, 1.54) is 0 Å². The summed E-state index contributed by atoms with van der Waals surface area (Å²) in [5.41, 5.74) is 5.81. The predicted molar refractivity (Wildman–Crippen MR) is 101 cm³/mol. The molecule has 0 unspecified atom stereocenters. The molecule has 0 saturated carbocycles. The minimum absolute atomic E-state index is 0.0705. The molecule has 0 aliphatic carbocycles. The van der Waals surface area contributed by atoms with Crippen LogP contribution in [0.1, 0.15) is 49.9 Å². The van der Waals surface area contributed by atoms with Crippen molar-refractivity contribution in [2.75, 3.05) is 0 Å². The first-order chi connectivity index (χ1) is 12.4. The van der Waals surface area contributed by atoms with Gasteiger partial charge in [0, 0.05) is 47.6 Å². The molecule has 0 aliphatic heterocycles. The molecular weight excluding hydrogens is 328 g/mol. The number of hydrogen-bond donors (Lipinski definition) is 1. The lowest BCUT2D eigenvalue weighted by atomic mass is 9.90. The maximum atomic E-state index is 11.2. The van der Waals surface area contributed by atoms with Crippen LogP contribution < -0.4 is 0 Å². The zero-order valence-corrected chi connectivity index (χ0v) is 15.7. The maximum Gasteiger partial charge on any atom is 0.303 e. The average Bonchev–Trinajstić information content (AvgIpc) is 3.01. The van der Waals surface area contributed by atoms with Crippen LogP contribution in [0.2, 0.25) is 0 Å². The van der Waals surface area contributed by atoms with Crippen molar-refractivity contribution in [2.24, 2.45) is 0 Å². The minimum Gasteiger partial charge on any atom is -0.481 e. The van der Waals surface area contributed by atoms with E-state index in [-0.39, 0.29) is 12.3 Å². The minimum atomic E-state index is -0.808. The summed E-state index contributed by atoms with van der Waals surface area (Å²) < 4.78 is 1.88. The van der Waals surface area contributed by atoms with Crippen LogP contribution in [-0.4, -0.2) is 30.8 Å². The van der Waals surface area contributed by atoms with Gasteiger partial charge in [0.2, 0.25) is 0 Å². The molecule has 6 heteroatoms. The van der Waals surface area contributed by atoms with Crippen LogP contribution in [0.3, 0.4) is 0 Å². The summed E-state index contributed by atoms with van der Waals surface area (Å²) in [5, 5.41) is 14.6. The maximum absolute atomic E-state index is 11.2. The molecule has 0 amide bonds. The number of rotatable bonds is 6. The molecule has 26 heavy (non-hydrogen) atoms. The van der Waals surface area contributed by atoms with Crippen molar-refractivity contribution >= 4 is 17.0 Å². The first-order valence-electron chi connectivity index (χ1n) is 8.94. The fraction of sp³-hybridized carbons (Fsp3) is 0.400. The number of aromatic nitrogens is 4. The van der Waals surface area contributed by atoms with Crippen molar-refractivity contribution in [3.8, 4) is 11.1 Å². The fourth-order valence-corrected chi connectivity index (χ4v) is 3.36. The summed E-state index contributed by atoms with van der Waals surface area (Å²) in [6.07, 6.45) is 5.99. The molecule has 3 aromatic rings. The summed E-state index contributed by atoms with van der Waals surface area (Å²) in [4.78, 5) is 20.4. The first-order valence-corrected chi connectivity index (χ1v) is 8.94. The first kappa shape index (κ1) is 18.0. The molecule has 0 aliphatic rings. The van der Waals surface area contributed by atoms with Gasteiger partial charge >= 0.3 is 5.97 Å². The number of nitrogens with zero attached hydrogens (tertiary/aromatic N) is 4. The third-order valence-electron chi connectivity index (χ3n) is 4.52. The van der Waals surface area contributed by atoms with Crippen LogP contribution >= 0.6 is 0 Å². The number of carboxylic acid groups (broad SMARTS) is 1. The van der Waals surface area contributed by atoms with Crippen LogP contribution in [0.5, 0.6) is 0 Å². The van der Waals surface area contributed by atoms with Crippen molar-refractivity contribution in [2.45, 2.75) is 53.0 Å². The van der Waals surface area contributed by atoms with Crippen molar-refractivity contribution in [3.05, 3.63) is 41.5 Å². The van der Waals surface area contributed by atoms with E-state index in [4.69, 9.17) is 4.98 Å². The molecule has 136 valence electrons. The van der Waals surface area contributed by atoms with E-state index in [0.717, 1.165) is 45.5 Å². The van der Waals surface area contributed by atoms with E-state index >= 15 is 0 Å². The van der Waals surface area contributed by atoms with Crippen LogP contribution in [0.25, 0.3) is 22.2 Å². The third kappa shape index (κ3) is 3.31. The monoisotopic (exact) mass is 352 g/mol. The van der Waals surface area contributed by atoms with Gasteiger partial charge in [0.1, 0.15) is 0 Å². The van der Waals surface area contributed by atoms with Gasteiger partial charge in [-0.1, -0.05) is 13.8 Å². The normalized spacial score (nSPS) is 11.4. The molecule has 0 aromatic carbocycles. The van der Waals surface area contributed by atoms with Gasteiger partial charge in [-0.3, -0.25) is 9.78 Å². The summed E-state index contributed by atoms with van der Waals surface area (Å²) in [5.74, 6) is -0.628. The lowest BCUT2D eigenvalue weighted by Gasteiger charge is -2.18. The van der Waals surface area contributed by atoms with E-state index in [9.17, 15) is 9.90 Å². The third-order valence-corrected chi connectivity index (χ3v) is 4.52. The van der Waals surface area contributed by atoms with E-state index in [2.05, 4.69) is 30.0 Å². The van der Waals surface area contributed by atoms with Crippen molar-refractivity contribution < 1.29 is 9.90 Å². The Balaban J connectivity index is 2.37. The van der Waals surface area contributed by atoms with E-state index in [1.54, 1.807) is 0 Å². The Hall–Kier alpha value is -2.76. The number of fused-ring (bicyclic) bond motifs is 1. The average molecular weight is 352 g/mol. The van der Waals surface area contributed by atoms with Gasteiger partial charge in [0.25, 0.3) is 0 Å². The number of carbonyl (C=O) groups is 1. The van der Waals surface area contributed by atoms with Gasteiger partial charge < -0.3 is 5.11 Å². The lowest BCUT2D eigenvalue weighted by Crippen LogP contribution is -2.08. The molecule has 3 rings (SSSR count). The highest BCUT2D eigenvalue weighted by atomic mass is 16.4. The molecule has 0 bridgehead atoms. The Kier molecular flexibility index (Phi) is 5.02. The van der Waals surface area contributed by atoms with Crippen LogP contribution in [-0.2, 0) is 17.8 Å². The molecule has 0 fully saturated rings. The standard InChI is InChI=1S/C20H24N4O2/c1-5-24-20-16(11-22-24)18(14-8-13(4)9-21-10-14)15(6-7-17(25)26)19(23-20)12(2)3/h8-12H,5-7H2,1-4H3,(H,25,26). The predicted octanol–water partition coefficient (Wildman–Crippen LogP) is 3.96. The highest BCUT2D eigenvalue weighted by Gasteiger charge is 2.21. The number of pyridine rings is 2. The van der Waals surface area contributed by atoms with Gasteiger partial charge in [-0.2, -0.15) is 5.10 Å². The van der Waals surface area contributed by atoms with Crippen molar-refractivity contribution in [1.82, 2.24) is 19.7 Å². The quantitative estimate of drug-likeness (QED) is 0.726. The largest absolute Gasteiger partial charge is 0.481 e. The smallest absolute Gasteiger partial charge is 0.303 e. The molecular formula is C20H24N4O2. The summed E-state index contributed by atoms with van der Waals surface area (Å²) in [6, 6.07) is 2.08. The van der Waals surface area contributed by atoms with Gasteiger partial charge in [-0.05, 0) is 43.4 Å². The number of aryl methyl sites for hydroxylation is 2. The van der Waals surface area contributed by atoms with Crippen molar-refractivity contribution in [3.63, 3.8) is 0 Å². The molecule has 0 spiro atoms. The van der Waals surface area contributed by atoms with Gasteiger partial charge in [0.15, 0.2) is 5.65 Å². The highest BCUT2D eigenvalue weighted by Crippen LogP contribution is 2.36. The molecule has 6 nitrogen and oxygen atoms in total. The van der Waals surface area contributed by atoms with Crippen LogP contribution in [0.15, 0.2) is 24.7 Å². The van der Waals surface area contributed by atoms with Crippen molar-refractivity contribution in [1.29, 1.82) is 0 Å². The Morgan fingerprint density at radius 3 is 2.65 bits per heavy atom.